The molecule has 0 radical (unpaired) electrons. The fourth-order valence-electron chi connectivity index (χ4n) is 3.97. The lowest BCUT2D eigenvalue weighted by Gasteiger charge is -2.41. The number of nitrogens with one attached hydrogen (secondary N) is 2. The van der Waals surface area contributed by atoms with Crippen molar-refractivity contribution in [2.75, 3.05) is 25.1 Å². The molecule has 12 heteroatoms. The Morgan fingerprint density at radius 3 is 2.27 bits per heavy atom. The number of halogens is 5. The molecule has 1 atom stereocenters. The molecule has 0 saturated carbocycles. The normalized spacial score (nSPS) is 17.8. The number of methoxy groups -OCH3 is 1. The van der Waals surface area contributed by atoms with E-state index in [0.717, 1.165) is 5.56 Å². The third kappa shape index (κ3) is 7.66. The van der Waals surface area contributed by atoms with Gasteiger partial charge in [-0.15, -0.1) is 13.2 Å². The molecule has 0 aromatic heterocycles. The van der Waals surface area contributed by atoms with Crippen LogP contribution in [0.3, 0.4) is 0 Å². The Labute approximate surface area is 210 Å². The Morgan fingerprint density at radius 2 is 1.76 bits per heavy atom. The molecule has 1 unspecified atom stereocenters. The second-order valence-corrected chi connectivity index (χ2v) is 8.42. The standard InChI is InChI=1S/C16H17F2N3O2.C9H9F3O2/c1-2-19-9-7-21(8-9)10-5-12(17)15(13(18)6-10)11-3-4-14(22)20-16(11)23;1-13-6-7-2-4-8(5-3-7)14-9(10,11)12/h2,5-6,9,11,19H,1,3-4,7-8H2,(H,20,22,23);2-5H,6H2,1H3. The summed E-state index contributed by atoms with van der Waals surface area (Å²) < 4.78 is 72.5. The molecule has 7 nitrogen and oxygen atoms in total. The van der Waals surface area contributed by atoms with Gasteiger partial charge in [-0.1, -0.05) is 18.7 Å². The third-order valence-electron chi connectivity index (χ3n) is 5.72. The highest BCUT2D eigenvalue weighted by Gasteiger charge is 2.34. The Hall–Kier alpha value is -3.67. The summed E-state index contributed by atoms with van der Waals surface area (Å²) in [5.74, 6) is -3.76. The summed E-state index contributed by atoms with van der Waals surface area (Å²) in [5, 5.41) is 5.16. The van der Waals surface area contributed by atoms with Crippen molar-refractivity contribution in [1.29, 1.82) is 0 Å². The summed E-state index contributed by atoms with van der Waals surface area (Å²) in [6.45, 7) is 5.20. The summed E-state index contributed by atoms with van der Waals surface area (Å²) in [7, 11) is 1.51. The van der Waals surface area contributed by atoms with Gasteiger partial charge in [0.25, 0.3) is 0 Å². The summed E-state index contributed by atoms with van der Waals surface area (Å²) >= 11 is 0. The van der Waals surface area contributed by atoms with Crippen LogP contribution in [0.1, 0.15) is 29.9 Å². The van der Waals surface area contributed by atoms with Gasteiger partial charge in [0.1, 0.15) is 17.4 Å². The zero-order valence-corrected chi connectivity index (χ0v) is 19.9. The number of hydrogen-bond acceptors (Lipinski definition) is 6. The van der Waals surface area contributed by atoms with Crippen LogP contribution in [-0.4, -0.2) is 44.4 Å². The van der Waals surface area contributed by atoms with Gasteiger partial charge in [0.15, 0.2) is 0 Å². The quantitative estimate of drug-likeness (QED) is 0.417. The first kappa shape index (κ1) is 27.9. The first-order valence-electron chi connectivity index (χ1n) is 11.3. The van der Waals surface area contributed by atoms with Crippen LogP contribution in [0.25, 0.3) is 0 Å². The first-order chi connectivity index (χ1) is 17.5. The van der Waals surface area contributed by atoms with Crippen molar-refractivity contribution >= 4 is 17.5 Å². The van der Waals surface area contributed by atoms with Crippen LogP contribution in [0.2, 0.25) is 0 Å². The van der Waals surface area contributed by atoms with Crippen molar-refractivity contribution in [3.05, 3.63) is 71.9 Å². The van der Waals surface area contributed by atoms with Gasteiger partial charge in [0, 0.05) is 37.9 Å². The lowest BCUT2D eigenvalue weighted by atomic mass is 9.89. The van der Waals surface area contributed by atoms with Crippen LogP contribution in [0.5, 0.6) is 5.75 Å². The minimum Gasteiger partial charge on any atom is -0.406 e. The Bertz CT molecular complexity index is 1100. The van der Waals surface area contributed by atoms with E-state index in [1.807, 2.05) is 4.90 Å². The molecule has 2 saturated heterocycles. The molecule has 37 heavy (non-hydrogen) atoms. The Morgan fingerprint density at radius 1 is 1.14 bits per heavy atom. The van der Waals surface area contributed by atoms with E-state index < -0.39 is 35.7 Å². The van der Waals surface area contributed by atoms with Crippen LogP contribution >= 0.6 is 0 Å². The molecule has 2 N–H and O–H groups in total. The SMILES string of the molecule is C=CNC1CN(c2cc(F)c(C3CCC(=O)NC3=O)c(F)c2)C1.COCc1ccc(OC(F)(F)F)cc1. The van der Waals surface area contributed by atoms with Crippen LogP contribution in [-0.2, 0) is 20.9 Å². The highest BCUT2D eigenvalue weighted by molar-refractivity contribution is 6.01. The topological polar surface area (TPSA) is 79.9 Å². The number of piperidine rings is 1. The maximum Gasteiger partial charge on any atom is 0.573 e. The first-order valence-corrected chi connectivity index (χ1v) is 11.3. The second kappa shape index (κ2) is 12.0. The van der Waals surface area contributed by atoms with E-state index in [2.05, 4.69) is 21.9 Å². The van der Waals surface area contributed by atoms with E-state index in [1.165, 1.54) is 43.5 Å². The maximum atomic E-state index is 14.4. The molecular weight excluding hydrogens is 501 g/mol. The predicted octanol–water partition coefficient (Wildman–Crippen LogP) is 4.14. The van der Waals surface area contributed by atoms with Gasteiger partial charge in [0.2, 0.25) is 11.8 Å². The molecule has 2 fully saturated rings. The Kier molecular flexibility index (Phi) is 9.09. The molecule has 2 aromatic rings. The zero-order valence-electron chi connectivity index (χ0n) is 19.9. The largest absolute Gasteiger partial charge is 0.573 e. The summed E-state index contributed by atoms with van der Waals surface area (Å²) in [5.41, 5.74) is 0.972. The van der Waals surface area contributed by atoms with Crippen LogP contribution < -0.4 is 20.3 Å². The third-order valence-corrected chi connectivity index (χ3v) is 5.72. The molecular formula is C25H26F5N3O4. The zero-order chi connectivity index (χ0) is 27.2. The molecule has 0 bridgehead atoms. The maximum absolute atomic E-state index is 14.4. The predicted molar refractivity (Wildman–Crippen MR) is 125 cm³/mol. The number of imide groups is 1. The molecule has 2 heterocycles. The average molecular weight is 527 g/mol. The van der Waals surface area contributed by atoms with Crippen molar-refractivity contribution in [1.82, 2.24) is 10.6 Å². The number of rotatable bonds is 7. The van der Waals surface area contributed by atoms with Crippen molar-refractivity contribution in [3.63, 3.8) is 0 Å². The van der Waals surface area contributed by atoms with Gasteiger partial charge < -0.3 is 19.7 Å². The van der Waals surface area contributed by atoms with Gasteiger partial charge in [-0.05, 0) is 42.4 Å². The fourth-order valence-corrected chi connectivity index (χ4v) is 3.97. The molecule has 2 amide bonds. The fraction of sp³-hybridized carbons (Fsp3) is 0.360. The smallest absolute Gasteiger partial charge is 0.406 e. The van der Waals surface area contributed by atoms with E-state index in [9.17, 15) is 31.5 Å². The minimum atomic E-state index is -4.64. The number of hydrogen-bond donors (Lipinski definition) is 2. The van der Waals surface area contributed by atoms with Gasteiger partial charge in [0.05, 0.1) is 18.6 Å². The van der Waals surface area contributed by atoms with E-state index in [-0.39, 0.29) is 30.2 Å². The molecule has 2 aromatic carbocycles. The number of amides is 2. The number of ether oxygens (including phenoxy) is 2. The number of nitrogens with zero attached hydrogens (tertiary/aromatic N) is 1. The minimum absolute atomic E-state index is 0.0814. The average Bonchev–Trinajstić information content (AvgIpc) is 2.78. The monoisotopic (exact) mass is 527 g/mol. The highest BCUT2D eigenvalue weighted by atomic mass is 19.4. The molecule has 0 aliphatic carbocycles. The van der Waals surface area contributed by atoms with E-state index in [4.69, 9.17) is 4.74 Å². The summed E-state index contributed by atoms with van der Waals surface area (Å²) in [6.07, 6.45) is -2.84. The lowest BCUT2D eigenvalue weighted by Crippen LogP contribution is -2.56. The van der Waals surface area contributed by atoms with Crippen molar-refractivity contribution < 1.29 is 41.0 Å². The van der Waals surface area contributed by atoms with Crippen molar-refractivity contribution in [3.8, 4) is 5.75 Å². The molecule has 2 aliphatic rings. The number of carbonyl (C=O) groups excluding carboxylic acids is 2. The molecule has 200 valence electrons. The second-order valence-electron chi connectivity index (χ2n) is 8.42. The lowest BCUT2D eigenvalue weighted by molar-refractivity contribution is -0.274. The number of carbonyl (C=O) groups is 2. The van der Waals surface area contributed by atoms with Crippen LogP contribution in [0.15, 0.2) is 49.2 Å². The van der Waals surface area contributed by atoms with Crippen LogP contribution in [0.4, 0.5) is 27.6 Å². The van der Waals surface area contributed by atoms with E-state index >= 15 is 0 Å². The number of anilines is 1. The van der Waals surface area contributed by atoms with Crippen molar-refractivity contribution in [2.45, 2.75) is 37.8 Å². The number of benzene rings is 2. The van der Waals surface area contributed by atoms with Crippen molar-refractivity contribution in [2.24, 2.45) is 0 Å². The molecule has 2 aliphatic heterocycles. The molecule has 0 spiro atoms. The van der Waals surface area contributed by atoms with E-state index in [1.54, 1.807) is 6.20 Å². The van der Waals surface area contributed by atoms with Gasteiger partial charge in [-0.3, -0.25) is 14.9 Å². The number of alkyl halides is 3. The highest BCUT2D eigenvalue weighted by Crippen LogP contribution is 2.33. The van der Waals surface area contributed by atoms with Gasteiger partial charge in [-0.25, -0.2) is 8.78 Å². The summed E-state index contributed by atoms with van der Waals surface area (Å²) in [4.78, 5) is 24.8. The van der Waals surface area contributed by atoms with Gasteiger partial charge >= 0.3 is 6.36 Å². The molecule has 4 rings (SSSR count). The van der Waals surface area contributed by atoms with E-state index in [0.29, 0.717) is 25.4 Å². The summed E-state index contributed by atoms with van der Waals surface area (Å²) in [6, 6.07) is 8.24. The van der Waals surface area contributed by atoms with Crippen LogP contribution in [0, 0.1) is 11.6 Å². The Balaban J connectivity index is 0.000000233. The van der Waals surface area contributed by atoms with Gasteiger partial charge in [-0.2, -0.15) is 0 Å².